The highest BCUT2D eigenvalue weighted by Crippen LogP contribution is 2.30. The summed E-state index contributed by atoms with van der Waals surface area (Å²) in [5.74, 6) is 1.29. The van der Waals surface area contributed by atoms with Crippen molar-refractivity contribution in [3.63, 3.8) is 0 Å². The van der Waals surface area contributed by atoms with Gasteiger partial charge >= 0.3 is 0 Å². The first-order valence-electron chi connectivity index (χ1n) is 10.4. The van der Waals surface area contributed by atoms with Crippen molar-refractivity contribution in [3.05, 3.63) is 53.6 Å². The van der Waals surface area contributed by atoms with Gasteiger partial charge in [-0.05, 0) is 53.7 Å². The molecule has 6 heteroatoms. The molecule has 2 aliphatic heterocycles. The summed E-state index contributed by atoms with van der Waals surface area (Å²) in [7, 11) is 0. The van der Waals surface area contributed by atoms with Crippen molar-refractivity contribution in [3.8, 4) is 0 Å². The maximum atomic E-state index is 11.7. The fourth-order valence-corrected chi connectivity index (χ4v) is 5.30. The van der Waals surface area contributed by atoms with Crippen LogP contribution in [0.25, 0.3) is 10.1 Å². The molecule has 0 aliphatic carbocycles. The zero-order valence-electron chi connectivity index (χ0n) is 16.8. The Hall–Kier alpha value is -2.44. The minimum atomic E-state index is 0.141. The molecule has 1 saturated heterocycles. The van der Waals surface area contributed by atoms with Gasteiger partial charge in [-0.25, -0.2) is 0 Å². The third kappa shape index (κ3) is 3.63. The predicted octanol–water partition coefficient (Wildman–Crippen LogP) is 3.57. The number of nitrogens with zero attached hydrogens (tertiary/aromatic N) is 4. The Morgan fingerprint density at radius 3 is 2.72 bits per heavy atom. The van der Waals surface area contributed by atoms with Crippen LogP contribution >= 0.6 is 11.5 Å². The molecule has 5 rings (SSSR count). The van der Waals surface area contributed by atoms with Crippen LogP contribution in [0.5, 0.6) is 0 Å². The van der Waals surface area contributed by atoms with Gasteiger partial charge in [-0.2, -0.15) is 4.37 Å². The van der Waals surface area contributed by atoms with Crippen LogP contribution in [0.2, 0.25) is 0 Å². The summed E-state index contributed by atoms with van der Waals surface area (Å²) in [6.45, 7) is 7.78. The predicted molar refractivity (Wildman–Crippen MR) is 120 cm³/mol. The third-order valence-electron chi connectivity index (χ3n) is 6.17. The summed E-state index contributed by atoms with van der Waals surface area (Å²) in [5.41, 5.74) is 3.80. The van der Waals surface area contributed by atoms with Crippen LogP contribution in [0.1, 0.15) is 18.1 Å². The summed E-state index contributed by atoms with van der Waals surface area (Å²) in [4.78, 5) is 18.6. The highest BCUT2D eigenvalue weighted by molar-refractivity contribution is 7.13. The third-order valence-corrected chi connectivity index (χ3v) is 6.98. The fourth-order valence-electron chi connectivity index (χ4n) is 4.51. The SMILES string of the molecule is CC(=O)N1CCc2cc(CCN3CCN(c4nsc5ccccc45)CC3)ccc21. The van der Waals surface area contributed by atoms with E-state index in [0.717, 1.165) is 63.6 Å². The minimum absolute atomic E-state index is 0.141. The number of anilines is 2. The number of hydrogen-bond donors (Lipinski definition) is 0. The monoisotopic (exact) mass is 406 g/mol. The van der Waals surface area contributed by atoms with E-state index < -0.39 is 0 Å². The van der Waals surface area contributed by atoms with Crippen LogP contribution in [0, 0.1) is 0 Å². The highest BCUT2D eigenvalue weighted by atomic mass is 32.1. The number of rotatable bonds is 4. The topological polar surface area (TPSA) is 39.7 Å². The molecular weight excluding hydrogens is 380 g/mol. The number of piperazine rings is 1. The number of hydrogen-bond acceptors (Lipinski definition) is 5. The Bertz CT molecular complexity index is 1040. The summed E-state index contributed by atoms with van der Waals surface area (Å²) in [6, 6.07) is 15.1. The molecule has 3 aromatic rings. The molecule has 0 bridgehead atoms. The minimum Gasteiger partial charge on any atom is -0.353 e. The van der Waals surface area contributed by atoms with Crippen molar-refractivity contribution in [1.82, 2.24) is 9.27 Å². The average Bonchev–Trinajstić information content (AvgIpc) is 3.37. The van der Waals surface area contributed by atoms with E-state index in [-0.39, 0.29) is 5.91 Å². The van der Waals surface area contributed by atoms with E-state index in [1.165, 1.54) is 21.2 Å². The molecular formula is C23H26N4OS. The molecule has 2 aromatic carbocycles. The summed E-state index contributed by atoms with van der Waals surface area (Å²) < 4.78 is 5.98. The number of fused-ring (bicyclic) bond motifs is 2. The molecule has 5 nitrogen and oxygen atoms in total. The molecule has 1 amide bonds. The Morgan fingerprint density at radius 1 is 1.07 bits per heavy atom. The van der Waals surface area contributed by atoms with Crippen LogP contribution in [0.15, 0.2) is 42.5 Å². The normalized spacial score (nSPS) is 17.1. The quantitative estimate of drug-likeness (QED) is 0.664. The Kier molecular flexibility index (Phi) is 4.97. The van der Waals surface area contributed by atoms with Gasteiger partial charge in [-0.1, -0.05) is 24.3 Å². The van der Waals surface area contributed by atoms with Crippen LogP contribution in [-0.4, -0.2) is 54.4 Å². The maximum absolute atomic E-state index is 11.7. The molecule has 0 atom stereocenters. The largest absolute Gasteiger partial charge is 0.353 e. The molecule has 2 aliphatic rings. The molecule has 29 heavy (non-hydrogen) atoms. The van der Waals surface area contributed by atoms with Crippen LogP contribution < -0.4 is 9.80 Å². The number of benzene rings is 2. The molecule has 0 unspecified atom stereocenters. The molecule has 0 saturated carbocycles. The van der Waals surface area contributed by atoms with Gasteiger partial charge < -0.3 is 9.80 Å². The van der Waals surface area contributed by atoms with Crippen molar-refractivity contribution < 1.29 is 4.79 Å². The summed E-state index contributed by atoms with van der Waals surface area (Å²) in [6.07, 6.45) is 2.04. The van der Waals surface area contributed by atoms with Gasteiger partial charge in [0, 0.05) is 57.3 Å². The first-order valence-corrected chi connectivity index (χ1v) is 11.2. The summed E-state index contributed by atoms with van der Waals surface area (Å²) >= 11 is 1.60. The zero-order chi connectivity index (χ0) is 19.8. The first kappa shape index (κ1) is 18.6. The summed E-state index contributed by atoms with van der Waals surface area (Å²) in [5, 5.41) is 1.28. The fraction of sp³-hybridized carbons (Fsp3) is 0.391. The standard InChI is InChI=1S/C23H26N4OS/c1-17(28)27-11-9-19-16-18(6-7-21(19)27)8-10-25-12-14-26(15-13-25)23-20-4-2-3-5-22(20)29-24-23/h2-7,16H,8-15H2,1H3. The second-order valence-electron chi connectivity index (χ2n) is 7.96. The molecule has 0 radical (unpaired) electrons. The van der Waals surface area contributed by atoms with Gasteiger partial charge in [0.1, 0.15) is 5.82 Å². The Balaban J connectivity index is 1.17. The van der Waals surface area contributed by atoms with E-state index in [4.69, 9.17) is 4.37 Å². The second-order valence-corrected chi connectivity index (χ2v) is 8.77. The van der Waals surface area contributed by atoms with Gasteiger partial charge in [0.15, 0.2) is 0 Å². The average molecular weight is 407 g/mol. The van der Waals surface area contributed by atoms with E-state index in [1.54, 1.807) is 18.5 Å². The van der Waals surface area contributed by atoms with E-state index >= 15 is 0 Å². The van der Waals surface area contributed by atoms with Gasteiger partial charge in [0.2, 0.25) is 5.91 Å². The van der Waals surface area contributed by atoms with Crippen molar-refractivity contribution in [2.75, 3.05) is 49.1 Å². The molecule has 150 valence electrons. The van der Waals surface area contributed by atoms with Gasteiger partial charge in [-0.15, -0.1) is 0 Å². The van der Waals surface area contributed by atoms with Gasteiger partial charge in [-0.3, -0.25) is 9.69 Å². The lowest BCUT2D eigenvalue weighted by molar-refractivity contribution is -0.116. The Morgan fingerprint density at radius 2 is 1.90 bits per heavy atom. The smallest absolute Gasteiger partial charge is 0.223 e. The van der Waals surface area contributed by atoms with Gasteiger partial charge in [0.25, 0.3) is 0 Å². The molecule has 0 spiro atoms. The van der Waals surface area contributed by atoms with E-state index in [0.29, 0.717) is 0 Å². The lowest BCUT2D eigenvalue weighted by atomic mass is 10.1. The van der Waals surface area contributed by atoms with Crippen molar-refractivity contribution in [1.29, 1.82) is 0 Å². The first-order chi connectivity index (χ1) is 14.2. The number of amides is 1. The molecule has 3 heterocycles. The number of aromatic nitrogens is 1. The van der Waals surface area contributed by atoms with Crippen LogP contribution in [-0.2, 0) is 17.6 Å². The van der Waals surface area contributed by atoms with Crippen molar-refractivity contribution >= 4 is 39.0 Å². The van der Waals surface area contributed by atoms with E-state index in [1.807, 2.05) is 4.90 Å². The highest BCUT2D eigenvalue weighted by Gasteiger charge is 2.23. The second kappa shape index (κ2) is 7.76. The Labute approximate surface area is 175 Å². The van der Waals surface area contributed by atoms with E-state index in [9.17, 15) is 4.79 Å². The zero-order valence-corrected chi connectivity index (χ0v) is 17.6. The molecule has 0 N–H and O–H groups in total. The van der Waals surface area contributed by atoms with Crippen LogP contribution in [0.3, 0.4) is 0 Å². The van der Waals surface area contributed by atoms with Gasteiger partial charge in [0.05, 0.1) is 4.70 Å². The number of carbonyl (C=O) groups is 1. The number of carbonyl (C=O) groups excluding carboxylic acids is 1. The van der Waals surface area contributed by atoms with Crippen molar-refractivity contribution in [2.45, 2.75) is 19.8 Å². The lowest BCUT2D eigenvalue weighted by Crippen LogP contribution is -2.47. The molecule has 1 aromatic heterocycles. The lowest BCUT2D eigenvalue weighted by Gasteiger charge is -2.35. The molecule has 1 fully saturated rings. The van der Waals surface area contributed by atoms with E-state index in [2.05, 4.69) is 52.3 Å². The van der Waals surface area contributed by atoms with Crippen LogP contribution in [0.4, 0.5) is 11.5 Å². The maximum Gasteiger partial charge on any atom is 0.223 e. The van der Waals surface area contributed by atoms with Crippen molar-refractivity contribution in [2.24, 2.45) is 0 Å².